The minimum absolute atomic E-state index is 0.105. The minimum Gasteiger partial charge on any atom is -0.497 e. The first-order valence-corrected chi connectivity index (χ1v) is 9.46. The molecule has 2 aromatic rings. The molecule has 0 radical (unpaired) electrons. The summed E-state index contributed by atoms with van der Waals surface area (Å²) in [5.41, 5.74) is 3.81. The van der Waals surface area contributed by atoms with Crippen LogP contribution in [0.5, 0.6) is 11.5 Å². The molecule has 0 bridgehead atoms. The number of amides is 1. The van der Waals surface area contributed by atoms with E-state index in [9.17, 15) is 9.90 Å². The van der Waals surface area contributed by atoms with Crippen LogP contribution in [0, 0.1) is 13.8 Å². The Labute approximate surface area is 170 Å². The van der Waals surface area contributed by atoms with Gasteiger partial charge in [0.2, 0.25) is 0 Å². The maximum absolute atomic E-state index is 12.1. The molecule has 1 aliphatic rings. The molecule has 0 aliphatic carbocycles. The van der Waals surface area contributed by atoms with Gasteiger partial charge in [-0.1, -0.05) is 0 Å². The third kappa shape index (κ3) is 4.54. The molecular formula is C21H27N3O5. The third-order valence-corrected chi connectivity index (χ3v) is 5.09. The number of anilines is 2. The van der Waals surface area contributed by atoms with E-state index >= 15 is 0 Å². The highest BCUT2D eigenvalue weighted by atomic mass is 16.5. The topological polar surface area (TPSA) is 84.4 Å². The molecule has 3 rings (SSSR count). The van der Waals surface area contributed by atoms with Crippen molar-refractivity contribution in [1.29, 1.82) is 0 Å². The molecule has 1 saturated heterocycles. The Bertz CT molecular complexity index is 881. The number of hydrogen-bond acceptors (Lipinski definition) is 6. The summed E-state index contributed by atoms with van der Waals surface area (Å²) >= 11 is 0. The van der Waals surface area contributed by atoms with Crippen LogP contribution in [0.3, 0.4) is 0 Å². The Kier molecular flexibility index (Phi) is 6.43. The molecule has 0 atom stereocenters. The normalized spacial score (nSPS) is 13.9. The van der Waals surface area contributed by atoms with E-state index in [1.165, 1.54) is 4.90 Å². The van der Waals surface area contributed by atoms with Crippen LogP contribution >= 0.6 is 0 Å². The van der Waals surface area contributed by atoms with E-state index in [0.29, 0.717) is 30.3 Å². The van der Waals surface area contributed by atoms with Crippen molar-refractivity contribution < 1.29 is 24.1 Å². The van der Waals surface area contributed by atoms with Gasteiger partial charge in [-0.05, 0) is 19.9 Å². The zero-order valence-electron chi connectivity index (χ0n) is 17.3. The average molecular weight is 401 g/mol. The Morgan fingerprint density at radius 3 is 2.55 bits per heavy atom. The number of aromatic nitrogens is 1. The summed E-state index contributed by atoms with van der Waals surface area (Å²) in [6.07, 6.45) is 0.637. The summed E-state index contributed by atoms with van der Waals surface area (Å²) in [6.45, 7) is 6.68. The average Bonchev–Trinajstić information content (AvgIpc) is 2.73. The molecule has 0 saturated carbocycles. The fourth-order valence-electron chi connectivity index (χ4n) is 3.50. The van der Waals surface area contributed by atoms with Gasteiger partial charge >= 0.3 is 6.09 Å². The number of rotatable bonds is 6. The molecule has 8 nitrogen and oxygen atoms in total. The van der Waals surface area contributed by atoms with Gasteiger partial charge in [-0.15, -0.1) is 0 Å². The molecule has 29 heavy (non-hydrogen) atoms. The Morgan fingerprint density at radius 1 is 1.21 bits per heavy atom. The molecular weight excluding hydrogens is 374 g/mol. The Morgan fingerprint density at radius 2 is 1.93 bits per heavy atom. The standard InChI is InChI=1S/C21H27N3O5/c1-14-12-22-19(15(2)20(14)28-4)13-24(21(25)26)17-9-16(10-18(11-17)27-3)23-5-7-29-8-6-23/h9-12H,5-8,13H2,1-4H3,(H,25,26). The number of pyridine rings is 1. The summed E-state index contributed by atoms with van der Waals surface area (Å²) < 4.78 is 16.3. The fourth-order valence-corrected chi connectivity index (χ4v) is 3.50. The van der Waals surface area contributed by atoms with Crippen molar-refractivity contribution >= 4 is 17.5 Å². The van der Waals surface area contributed by atoms with E-state index in [1.807, 2.05) is 26.0 Å². The summed E-state index contributed by atoms with van der Waals surface area (Å²) in [5.74, 6) is 1.32. The predicted molar refractivity (Wildman–Crippen MR) is 110 cm³/mol. The number of carbonyl (C=O) groups is 1. The van der Waals surface area contributed by atoms with Crippen LogP contribution in [0.4, 0.5) is 16.2 Å². The van der Waals surface area contributed by atoms with Crippen molar-refractivity contribution in [3.63, 3.8) is 0 Å². The number of nitrogens with zero attached hydrogens (tertiary/aromatic N) is 3. The zero-order valence-corrected chi connectivity index (χ0v) is 17.3. The van der Waals surface area contributed by atoms with Crippen LogP contribution < -0.4 is 19.3 Å². The molecule has 1 aliphatic heterocycles. The Hall–Kier alpha value is -3.00. The maximum atomic E-state index is 12.1. The molecule has 1 aromatic heterocycles. The SMILES string of the molecule is COc1cc(N2CCOCC2)cc(N(Cc2ncc(C)c(OC)c2C)C(=O)O)c1. The lowest BCUT2D eigenvalue weighted by Crippen LogP contribution is -2.36. The molecule has 1 amide bonds. The van der Waals surface area contributed by atoms with Gasteiger partial charge in [0.1, 0.15) is 11.5 Å². The van der Waals surface area contributed by atoms with E-state index in [1.54, 1.807) is 26.5 Å². The second-order valence-electron chi connectivity index (χ2n) is 6.90. The third-order valence-electron chi connectivity index (χ3n) is 5.09. The van der Waals surface area contributed by atoms with Crippen molar-refractivity contribution in [1.82, 2.24) is 4.98 Å². The number of benzene rings is 1. The number of morpholine rings is 1. The lowest BCUT2D eigenvalue weighted by Gasteiger charge is -2.30. The summed E-state index contributed by atoms with van der Waals surface area (Å²) in [4.78, 5) is 20.0. The summed E-state index contributed by atoms with van der Waals surface area (Å²) in [6, 6.07) is 5.49. The number of hydrogen-bond donors (Lipinski definition) is 1. The van der Waals surface area contributed by atoms with Gasteiger partial charge in [-0.25, -0.2) is 4.79 Å². The molecule has 0 unspecified atom stereocenters. The first kappa shape index (κ1) is 20.7. The van der Waals surface area contributed by atoms with Gasteiger partial charge in [0.25, 0.3) is 0 Å². The van der Waals surface area contributed by atoms with Gasteiger partial charge in [0.15, 0.2) is 0 Å². The number of carboxylic acid groups (broad SMARTS) is 1. The van der Waals surface area contributed by atoms with Crippen molar-refractivity contribution in [3.8, 4) is 11.5 Å². The van der Waals surface area contributed by atoms with Gasteiger partial charge in [0, 0.05) is 48.2 Å². The first-order valence-electron chi connectivity index (χ1n) is 9.46. The fraction of sp³-hybridized carbons (Fsp3) is 0.429. The Balaban J connectivity index is 1.98. The lowest BCUT2D eigenvalue weighted by molar-refractivity contribution is 0.122. The van der Waals surface area contributed by atoms with Gasteiger partial charge in [-0.3, -0.25) is 9.88 Å². The highest BCUT2D eigenvalue weighted by molar-refractivity contribution is 5.87. The van der Waals surface area contributed by atoms with Crippen LogP contribution in [0.15, 0.2) is 24.4 Å². The van der Waals surface area contributed by atoms with E-state index in [2.05, 4.69) is 9.88 Å². The quantitative estimate of drug-likeness (QED) is 0.795. The summed E-state index contributed by atoms with van der Waals surface area (Å²) in [5, 5.41) is 9.92. The molecule has 8 heteroatoms. The summed E-state index contributed by atoms with van der Waals surface area (Å²) in [7, 11) is 3.18. The van der Waals surface area contributed by atoms with Crippen molar-refractivity contribution in [2.24, 2.45) is 0 Å². The predicted octanol–water partition coefficient (Wildman–Crippen LogP) is 3.24. The molecule has 1 N–H and O–H groups in total. The monoisotopic (exact) mass is 401 g/mol. The lowest BCUT2D eigenvalue weighted by atomic mass is 10.1. The molecule has 0 spiro atoms. The highest BCUT2D eigenvalue weighted by Gasteiger charge is 2.22. The second kappa shape index (κ2) is 9.00. The zero-order chi connectivity index (χ0) is 21.0. The molecule has 156 valence electrons. The molecule has 1 aromatic carbocycles. The van der Waals surface area contributed by atoms with Crippen LogP contribution in [0.25, 0.3) is 0 Å². The van der Waals surface area contributed by atoms with Gasteiger partial charge in [-0.2, -0.15) is 0 Å². The van der Waals surface area contributed by atoms with E-state index < -0.39 is 6.09 Å². The second-order valence-corrected chi connectivity index (χ2v) is 6.90. The van der Waals surface area contributed by atoms with Crippen molar-refractivity contribution in [2.45, 2.75) is 20.4 Å². The number of aryl methyl sites for hydroxylation is 1. The van der Waals surface area contributed by atoms with Crippen LogP contribution in [-0.2, 0) is 11.3 Å². The van der Waals surface area contributed by atoms with E-state index in [-0.39, 0.29) is 6.54 Å². The maximum Gasteiger partial charge on any atom is 0.412 e. The van der Waals surface area contributed by atoms with Crippen molar-refractivity contribution in [3.05, 3.63) is 41.2 Å². The van der Waals surface area contributed by atoms with Crippen LogP contribution in [0.2, 0.25) is 0 Å². The van der Waals surface area contributed by atoms with E-state index in [4.69, 9.17) is 14.2 Å². The van der Waals surface area contributed by atoms with Crippen molar-refractivity contribution in [2.75, 3.05) is 50.3 Å². The number of ether oxygens (including phenoxy) is 3. The molecule has 1 fully saturated rings. The molecule has 2 heterocycles. The highest BCUT2D eigenvalue weighted by Crippen LogP contribution is 2.32. The first-order chi connectivity index (χ1) is 13.9. The van der Waals surface area contributed by atoms with Crippen LogP contribution in [-0.4, -0.2) is 56.7 Å². The minimum atomic E-state index is -1.06. The van der Waals surface area contributed by atoms with Gasteiger partial charge < -0.3 is 24.2 Å². The largest absolute Gasteiger partial charge is 0.497 e. The van der Waals surface area contributed by atoms with E-state index in [0.717, 1.165) is 35.7 Å². The smallest absolute Gasteiger partial charge is 0.412 e. The van der Waals surface area contributed by atoms with Gasteiger partial charge in [0.05, 0.1) is 45.4 Å². The van der Waals surface area contributed by atoms with Crippen LogP contribution in [0.1, 0.15) is 16.8 Å². The number of methoxy groups -OCH3 is 2.